The second-order valence-electron chi connectivity index (χ2n) is 8.40. The van der Waals surface area contributed by atoms with Crippen LogP contribution in [0.15, 0.2) is 66.9 Å². The molecule has 0 aliphatic rings. The third-order valence-corrected chi connectivity index (χ3v) is 5.80. The number of rotatable bonds is 6. The van der Waals surface area contributed by atoms with Crippen LogP contribution in [0.2, 0.25) is 0 Å². The van der Waals surface area contributed by atoms with E-state index in [0.717, 1.165) is 22.0 Å². The quantitative estimate of drug-likeness (QED) is 0.343. The lowest BCUT2D eigenvalue weighted by Gasteiger charge is -2.27. The normalized spacial score (nSPS) is 13.5. The largest absolute Gasteiger partial charge is 0.484 e. The molecule has 9 heteroatoms. The average molecular weight is 485 g/mol. The van der Waals surface area contributed by atoms with Crippen LogP contribution in [0.4, 0.5) is 17.6 Å². The predicted molar refractivity (Wildman–Crippen MR) is 124 cm³/mol. The number of aromatic nitrogens is 2. The fourth-order valence-corrected chi connectivity index (χ4v) is 3.78. The molecule has 1 aromatic heterocycles. The summed E-state index contributed by atoms with van der Waals surface area (Å²) in [4.78, 5) is 11.6. The number of halogens is 4. The van der Waals surface area contributed by atoms with Crippen LogP contribution in [0, 0.1) is 19.7 Å². The third kappa shape index (κ3) is 5.29. The van der Waals surface area contributed by atoms with E-state index >= 15 is 0 Å². The Morgan fingerprint density at radius 1 is 1.00 bits per heavy atom. The molecule has 0 aliphatic carbocycles. The van der Waals surface area contributed by atoms with Gasteiger partial charge in [0.25, 0.3) is 0 Å². The van der Waals surface area contributed by atoms with Crippen molar-refractivity contribution in [3.8, 4) is 11.4 Å². The molecular formula is C26H23F4N3O2. The van der Waals surface area contributed by atoms with E-state index in [1.807, 2.05) is 31.3 Å². The van der Waals surface area contributed by atoms with Gasteiger partial charge in [0.1, 0.15) is 17.7 Å². The topological polar surface area (TPSA) is 56.1 Å². The number of hydrogen-bond acceptors (Lipinski definition) is 3. The van der Waals surface area contributed by atoms with E-state index in [9.17, 15) is 22.4 Å². The number of fused-ring (bicyclic) bond motifs is 1. The van der Waals surface area contributed by atoms with Crippen molar-refractivity contribution < 1.29 is 27.1 Å². The Kier molecular flexibility index (Phi) is 6.51. The number of nitrogens with one attached hydrogen (secondary N) is 1. The zero-order valence-corrected chi connectivity index (χ0v) is 19.2. The van der Waals surface area contributed by atoms with Crippen LogP contribution < -0.4 is 10.1 Å². The molecule has 0 spiro atoms. The van der Waals surface area contributed by atoms with Crippen LogP contribution >= 0.6 is 0 Å². The molecule has 2 atom stereocenters. The number of amides is 1. The van der Waals surface area contributed by atoms with Crippen molar-refractivity contribution in [2.75, 3.05) is 0 Å². The van der Waals surface area contributed by atoms with Crippen LogP contribution in [-0.4, -0.2) is 27.9 Å². The van der Waals surface area contributed by atoms with E-state index in [0.29, 0.717) is 17.0 Å². The molecule has 1 amide bonds. The van der Waals surface area contributed by atoms with Crippen molar-refractivity contribution in [2.45, 2.75) is 39.1 Å². The molecule has 3 aromatic carbocycles. The van der Waals surface area contributed by atoms with Gasteiger partial charge in [-0.2, -0.15) is 18.3 Å². The number of alkyl halides is 3. The van der Waals surface area contributed by atoms with Crippen molar-refractivity contribution >= 4 is 16.8 Å². The molecule has 0 saturated carbocycles. The lowest BCUT2D eigenvalue weighted by atomic mass is 9.98. The van der Waals surface area contributed by atoms with Crippen LogP contribution in [0.3, 0.4) is 0 Å². The first kappa shape index (κ1) is 24.3. The summed E-state index contributed by atoms with van der Waals surface area (Å²) < 4.78 is 59.7. The van der Waals surface area contributed by atoms with Gasteiger partial charge in [0.15, 0.2) is 0 Å². The Hall–Kier alpha value is -3.88. The SMILES string of the molecule is Cc1ccc(C(Oc2ccc3c(cnn3-c3ccc(F)cc3)c2)C(C)NC(=O)C(F)(F)F)cc1C. The number of aryl methyl sites for hydroxylation is 2. The molecular weight excluding hydrogens is 462 g/mol. The zero-order valence-electron chi connectivity index (χ0n) is 19.2. The highest BCUT2D eigenvalue weighted by Crippen LogP contribution is 2.30. The average Bonchev–Trinajstić information content (AvgIpc) is 3.22. The lowest BCUT2D eigenvalue weighted by molar-refractivity contribution is -0.174. The Bertz CT molecular complexity index is 1360. The zero-order chi connectivity index (χ0) is 25.3. The number of carbonyl (C=O) groups excluding carboxylic acids is 1. The van der Waals surface area contributed by atoms with Crippen molar-refractivity contribution in [1.29, 1.82) is 0 Å². The van der Waals surface area contributed by atoms with Crippen molar-refractivity contribution in [3.63, 3.8) is 0 Å². The van der Waals surface area contributed by atoms with Gasteiger partial charge in [-0.15, -0.1) is 0 Å². The van der Waals surface area contributed by atoms with E-state index in [1.54, 1.807) is 47.3 Å². The summed E-state index contributed by atoms with van der Waals surface area (Å²) in [5.74, 6) is -1.99. The molecule has 5 nitrogen and oxygen atoms in total. The molecule has 4 rings (SSSR count). The summed E-state index contributed by atoms with van der Waals surface area (Å²) in [6.45, 7) is 5.29. The molecule has 4 aromatic rings. The van der Waals surface area contributed by atoms with E-state index < -0.39 is 24.2 Å². The maximum absolute atomic E-state index is 13.3. The van der Waals surface area contributed by atoms with Crippen molar-refractivity contribution in [3.05, 3.63) is 89.4 Å². The molecule has 0 bridgehead atoms. The summed E-state index contributed by atoms with van der Waals surface area (Å²) in [6, 6.07) is 15.5. The first-order valence-corrected chi connectivity index (χ1v) is 10.9. The highest BCUT2D eigenvalue weighted by molar-refractivity contribution is 5.82. The van der Waals surface area contributed by atoms with Gasteiger partial charge in [0.05, 0.1) is 23.4 Å². The van der Waals surface area contributed by atoms with Gasteiger partial charge in [0, 0.05) is 5.39 Å². The summed E-state index contributed by atoms with van der Waals surface area (Å²) in [5, 5.41) is 7.08. The fourth-order valence-electron chi connectivity index (χ4n) is 3.78. The van der Waals surface area contributed by atoms with Gasteiger partial charge in [0.2, 0.25) is 0 Å². The van der Waals surface area contributed by atoms with Gasteiger partial charge >= 0.3 is 12.1 Å². The Labute approximate surface area is 199 Å². The minimum Gasteiger partial charge on any atom is -0.484 e. The first-order valence-electron chi connectivity index (χ1n) is 10.9. The van der Waals surface area contributed by atoms with Gasteiger partial charge < -0.3 is 10.1 Å². The van der Waals surface area contributed by atoms with Crippen LogP contribution in [0.5, 0.6) is 5.75 Å². The van der Waals surface area contributed by atoms with Gasteiger partial charge in [-0.1, -0.05) is 18.2 Å². The van der Waals surface area contributed by atoms with E-state index in [-0.39, 0.29) is 5.82 Å². The predicted octanol–water partition coefficient (Wildman–Crippen LogP) is 5.97. The fraction of sp³-hybridized carbons (Fsp3) is 0.231. The summed E-state index contributed by atoms with van der Waals surface area (Å²) in [7, 11) is 0. The Morgan fingerprint density at radius 3 is 2.37 bits per heavy atom. The van der Waals surface area contributed by atoms with Gasteiger partial charge in [-0.05, 0) is 79.9 Å². The van der Waals surface area contributed by atoms with Crippen molar-refractivity contribution in [1.82, 2.24) is 15.1 Å². The molecule has 35 heavy (non-hydrogen) atoms. The maximum atomic E-state index is 13.3. The Balaban J connectivity index is 1.66. The van der Waals surface area contributed by atoms with Crippen molar-refractivity contribution in [2.24, 2.45) is 0 Å². The highest BCUT2D eigenvalue weighted by atomic mass is 19.4. The summed E-state index contributed by atoms with van der Waals surface area (Å²) >= 11 is 0. The number of nitrogens with zero attached hydrogens (tertiary/aromatic N) is 2. The smallest absolute Gasteiger partial charge is 0.471 e. The lowest BCUT2D eigenvalue weighted by Crippen LogP contribution is -2.45. The molecule has 1 N–H and O–H groups in total. The van der Waals surface area contributed by atoms with Crippen LogP contribution in [0.1, 0.15) is 29.7 Å². The van der Waals surface area contributed by atoms with E-state index in [4.69, 9.17) is 4.74 Å². The van der Waals surface area contributed by atoms with Crippen LogP contribution in [-0.2, 0) is 4.79 Å². The standard InChI is InChI=1S/C26H23F4N3O2/c1-15-4-5-18(12-16(15)2)24(17(3)32-25(34)26(28,29)30)35-22-10-11-23-19(13-22)14-31-33(23)21-8-6-20(27)7-9-21/h4-14,17,24H,1-3H3,(H,32,34). The highest BCUT2D eigenvalue weighted by Gasteiger charge is 2.40. The van der Waals surface area contributed by atoms with Gasteiger partial charge in [-0.3, -0.25) is 4.79 Å². The second kappa shape index (κ2) is 9.40. The summed E-state index contributed by atoms with van der Waals surface area (Å²) in [5.41, 5.74) is 4.01. The molecule has 0 fully saturated rings. The molecule has 0 radical (unpaired) electrons. The monoisotopic (exact) mass is 485 g/mol. The number of carbonyl (C=O) groups is 1. The molecule has 0 saturated heterocycles. The number of ether oxygens (including phenoxy) is 1. The van der Waals surface area contributed by atoms with Gasteiger partial charge in [-0.25, -0.2) is 9.07 Å². The third-order valence-electron chi connectivity index (χ3n) is 5.80. The summed E-state index contributed by atoms with van der Waals surface area (Å²) in [6.07, 6.45) is -4.27. The Morgan fingerprint density at radius 2 is 1.71 bits per heavy atom. The molecule has 2 unspecified atom stereocenters. The number of benzene rings is 3. The minimum atomic E-state index is -5.00. The second-order valence-corrected chi connectivity index (χ2v) is 8.40. The number of hydrogen-bond donors (Lipinski definition) is 1. The maximum Gasteiger partial charge on any atom is 0.471 e. The molecule has 182 valence electrons. The van der Waals surface area contributed by atoms with E-state index in [1.165, 1.54) is 19.1 Å². The first-order chi connectivity index (χ1) is 16.5. The van der Waals surface area contributed by atoms with Crippen LogP contribution in [0.25, 0.3) is 16.6 Å². The van der Waals surface area contributed by atoms with E-state index in [2.05, 4.69) is 5.10 Å². The molecule has 1 heterocycles. The minimum absolute atomic E-state index is 0.356. The molecule has 0 aliphatic heterocycles.